The molecule has 98 valence electrons. The average Bonchev–Trinajstić information content (AvgIpc) is 2.45. The van der Waals surface area contributed by atoms with Crippen molar-refractivity contribution < 1.29 is 4.79 Å². The van der Waals surface area contributed by atoms with Crippen molar-refractivity contribution >= 4 is 17.2 Å². The molecule has 0 heterocycles. The van der Waals surface area contributed by atoms with Crippen molar-refractivity contribution in [1.29, 1.82) is 0 Å². The number of ketones is 1. The lowest BCUT2D eigenvalue weighted by Gasteiger charge is -2.09. The number of benzene rings is 2. The normalized spacial score (nSPS) is 10.0. The number of nitrogens with one attached hydrogen (secondary N) is 2. The van der Waals surface area contributed by atoms with Crippen LogP contribution < -0.4 is 10.6 Å². The Hall–Kier alpha value is -2.29. The summed E-state index contributed by atoms with van der Waals surface area (Å²) in [5.74, 6) is 0.0841. The number of hydrogen-bond donors (Lipinski definition) is 2. The van der Waals surface area contributed by atoms with Crippen LogP contribution in [0.4, 0.5) is 11.4 Å². The Morgan fingerprint density at radius 3 is 2.53 bits per heavy atom. The molecule has 0 saturated carbocycles. The first-order valence-corrected chi connectivity index (χ1v) is 6.30. The van der Waals surface area contributed by atoms with Crippen LogP contribution in [0.15, 0.2) is 48.5 Å². The van der Waals surface area contributed by atoms with Gasteiger partial charge in [0, 0.05) is 30.5 Å². The highest BCUT2D eigenvalue weighted by molar-refractivity contribution is 5.94. The van der Waals surface area contributed by atoms with Gasteiger partial charge in [-0.05, 0) is 36.8 Å². The SMILES string of the molecule is CNc1cccc(CNc2cccc(C(C)=O)c2)c1. The summed E-state index contributed by atoms with van der Waals surface area (Å²) >= 11 is 0. The maximum absolute atomic E-state index is 11.3. The molecule has 3 nitrogen and oxygen atoms in total. The minimum atomic E-state index is 0.0841. The van der Waals surface area contributed by atoms with E-state index in [1.165, 1.54) is 5.56 Å². The predicted octanol–water partition coefficient (Wildman–Crippen LogP) is 3.54. The molecule has 0 fully saturated rings. The maximum Gasteiger partial charge on any atom is 0.159 e. The summed E-state index contributed by atoms with van der Waals surface area (Å²) in [5, 5.41) is 6.44. The molecular weight excluding hydrogens is 236 g/mol. The van der Waals surface area contributed by atoms with Gasteiger partial charge in [0.2, 0.25) is 0 Å². The van der Waals surface area contributed by atoms with E-state index < -0.39 is 0 Å². The Kier molecular flexibility index (Phi) is 4.18. The van der Waals surface area contributed by atoms with Crippen LogP contribution in [0, 0.1) is 0 Å². The van der Waals surface area contributed by atoms with Crippen molar-refractivity contribution in [1.82, 2.24) is 0 Å². The van der Waals surface area contributed by atoms with Gasteiger partial charge in [0.1, 0.15) is 0 Å². The molecule has 0 aromatic heterocycles. The van der Waals surface area contributed by atoms with Crippen LogP contribution >= 0.6 is 0 Å². The van der Waals surface area contributed by atoms with Crippen LogP contribution in [0.5, 0.6) is 0 Å². The van der Waals surface area contributed by atoms with Crippen molar-refractivity contribution in [2.45, 2.75) is 13.5 Å². The topological polar surface area (TPSA) is 41.1 Å². The van der Waals surface area contributed by atoms with Crippen molar-refractivity contribution in [3.05, 3.63) is 59.7 Å². The van der Waals surface area contributed by atoms with Gasteiger partial charge in [-0.1, -0.05) is 24.3 Å². The zero-order valence-electron chi connectivity index (χ0n) is 11.2. The van der Waals surface area contributed by atoms with E-state index in [1.807, 2.05) is 43.4 Å². The van der Waals surface area contributed by atoms with Crippen LogP contribution in [-0.2, 0) is 6.54 Å². The molecule has 0 saturated heterocycles. The minimum absolute atomic E-state index is 0.0841. The highest BCUT2D eigenvalue weighted by Gasteiger charge is 2.00. The van der Waals surface area contributed by atoms with E-state index in [0.29, 0.717) is 0 Å². The highest BCUT2D eigenvalue weighted by atomic mass is 16.1. The van der Waals surface area contributed by atoms with Gasteiger partial charge in [-0.15, -0.1) is 0 Å². The van der Waals surface area contributed by atoms with Gasteiger partial charge in [-0.25, -0.2) is 0 Å². The van der Waals surface area contributed by atoms with Gasteiger partial charge in [0.25, 0.3) is 0 Å². The third kappa shape index (κ3) is 3.58. The molecule has 2 N–H and O–H groups in total. The summed E-state index contributed by atoms with van der Waals surface area (Å²) in [6.45, 7) is 2.31. The molecule has 0 aliphatic carbocycles. The molecule has 0 aliphatic heterocycles. The lowest BCUT2D eigenvalue weighted by molar-refractivity contribution is 0.101. The Morgan fingerprint density at radius 2 is 1.79 bits per heavy atom. The van der Waals surface area contributed by atoms with Gasteiger partial charge >= 0.3 is 0 Å². The summed E-state index contributed by atoms with van der Waals surface area (Å²) in [4.78, 5) is 11.3. The number of hydrogen-bond acceptors (Lipinski definition) is 3. The first kappa shape index (κ1) is 13.1. The monoisotopic (exact) mass is 254 g/mol. The van der Waals surface area contributed by atoms with Crippen LogP contribution in [0.3, 0.4) is 0 Å². The second-order valence-corrected chi connectivity index (χ2v) is 4.44. The predicted molar refractivity (Wildman–Crippen MR) is 79.8 cm³/mol. The largest absolute Gasteiger partial charge is 0.388 e. The summed E-state index contributed by atoms with van der Waals surface area (Å²) < 4.78 is 0. The summed E-state index contributed by atoms with van der Waals surface area (Å²) in [6, 6.07) is 15.8. The van der Waals surface area contributed by atoms with Gasteiger partial charge < -0.3 is 10.6 Å². The first-order chi connectivity index (χ1) is 9.19. The standard InChI is InChI=1S/C16H18N2O/c1-12(19)14-6-4-8-16(10-14)18-11-13-5-3-7-15(9-13)17-2/h3-10,17-18H,11H2,1-2H3. The third-order valence-corrected chi connectivity index (χ3v) is 2.98. The van der Waals surface area contributed by atoms with E-state index in [4.69, 9.17) is 0 Å². The van der Waals surface area contributed by atoms with Crippen LogP contribution in [0.25, 0.3) is 0 Å². The van der Waals surface area contributed by atoms with E-state index in [1.54, 1.807) is 6.92 Å². The number of rotatable bonds is 5. The van der Waals surface area contributed by atoms with Crippen LogP contribution in [-0.4, -0.2) is 12.8 Å². The van der Waals surface area contributed by atoms with Gasteiger partial charge in [-0.2, -0.15) is 0 Å². The van der Waals surface area contributed by atoms with Crippen LogP contribution in [0.2, 0.25) is 0 Å². The first-order valence-electron chi connectivity index (χ1n) is 6.30. The molecule has 0 bridgehead atoms. The fourth-order valence-corrected chi connectivity index (χ4v) is 1.89. The number of carbonyl (C=O) groups excluding carboxylic acids is 1. The Balaban J connectivity index is 2.05. The lowest BCUT2D eigenvalue weighted by atomic mass is 10.1. The quantitative estimate of drug-likeness (QED) is 0.802. The fourth-order valence-electron chi connectivity index (χ4n) is 1.89. The molecule has 0 unspecified atom stereocenters. The lowest BCUT2D eigenvalue weighted by Crippen LogP contribution is -2.01. The minimum Gasteiger partial charge on any atom is -0.388 e. The maximum atomic E-state index is 11.3. The zero-order chi connectivity index (χ0) is 13.7. The average molecular weight is 254 g/mol. The third-order valence-electron chi connectivity index (χ3n) is 2.98. The van der Waals surface area contributed by atoms with E-state index in [0.717, 1.165) is 23.5 Å². The summed E-state index contributed by atoms with van der Waals surface area (Å²) in [6.07, 6.45) is 0. The molecule has 0 atom stereocenters. The van der Waals surface area contributed by atoms with E-state index >= 15 is 0 Å². The van der Waals surface area contributed by atoms with Crippen LogP contribution in [0.1, 0.15) is 22.8 Å². The molecule has 3 heteroatoms. The number of anilines is 2. The second-order valence-electron chi connectivity index (χ2n) is 4.44. The van der Waals surface area contributed by atoms with Crippen molar-refractivity contribution in [2.24, 2.45) is 0 Å². The molecule has 2 aromatic rings. The molecule has 2 aromatic carbocycles. The Labute approximate surface area is 113 Å². The fraction of sp³-hybridized carbons (Fsp3) is 0.188. The molecule has 0 aliphatic rings. The molecule has 0 spiro atoms. The highest BCUT2D eigenvalue weighted by Crippen LogP contribution is 2.14. The Bertz CT molecular complexity index is 578. The van der Waals surface area contributed by atoms with E-state index in [9.17, 15) is 4.79 Å². The van der Waals surface area contributed by atoms with Crippen molar-refractivity contribution in [2.75, 3.05) is 17.7 Å². The van der Waals surface area contributed by atoms with Gasteiger partial charge in [-0.3, -0.25) is 4.79 Å². The number of carbonyl (C=O) groups is 1. The van der Waals surface area contributed by atoms with Crippen molar-refractivity contribution in [3.63, 3.8) is 0 Å². The number of Topliss-reactive ketones (excluding diaryl/α,β-unsaturated/α-hetero) is 1. The molecule has 0 radical (unpaired) electrons. The van der Waals surface area contributed by atoms with E-state index in [-0.39, 0.29) is 5.78 Å². The molecular formula is C16H18N2O. The summed E-state index contributed by atoms with van der Waals surface area (Å²) in [5.41, 5.74) is 3.98. The molecule has 0 amide bonds. The molecule has 2 rings (SSSR count). The smallest absolute Gasteiger partial charge is 0.159 e. The molecule has 19 heavy (non-hydrogen) atoms. The van der Waals surface area contributed by atoms with E-state index in [2.05, 4.69) is 22.8 Å². The zero-order valence-corrected chi connectivity index (χ0v) is 11.2. The van der Waals surface area contributed by atoms with Gasteiger partial charge in [0.05, 0.1) is 0 Å². The van der Waals surface area contributed by atoms with Crippen molar-refractivity contribution in [3.8, 4) is 0 Å². The second kappa shape index (κ2) is 6.05. The summed E-state index contributed by atoms with van der Waals surface area (Å²) in [7, 11) is 1.91. The Morgan fingerprint density at radius 1 is 1.05 bits per heavy atom. The van der Waals surface area contributed by atoms with Gasteiger partial charge in [0.15, 0.2) is 5.78 Å².